The van der Waals surface area contributed by atoms with E-state index in [-0.39, 0.29) is 30.1 Å². The third kappa shape index (κ3) is 5.25. The number of carbonyl (C=O) groups is 1. The summed E-state index contributed by atoms with van der Waals surface area (Å²) < 4.78 is 50.8. The van der Waals surface area contributed by atoms with Gasteiger partial charge < -0.3 is 14.8 Å². The normalized spacial score (nSPS) is 16.2. The van der Waals surface area contributed by atoms with Crippen molar-refractivity contribution in [1.29, 1.82) is 0 Å². The summed E-state index contributed by atoms with van der Waals surface area (Å²) in [6.07, 6.45) is -0.580. The molecule has 2 aromatic rings. The standard InChI is InChI=1S/C22H22ClF3N2O3/c23-15-6-7-18(17(10-15)22(24,25)26)27-21(29)12-28(16-3-1-2-4-16)11-14-5-8-19-20(9-14)31-13-30-19/h5-10,16H,1-4,11-13H2,(H,27,29). The molecule has 1 aliphatic carbocycles. The lowest BCUT2D eigenvalue weighted by Gasteiger charge is -2.28. The second kappa shape index (κ2) is 8.96. The van der Waals surface area contributed by atoms with Crippen LogP contribution in [-0.4, -0.2) is 30.2 Å². The van der Waals surface area contributed by atoms with Crippen molar-refractivity contribution in [3.8, 4) is 11.5 Å². The van der Waals surface area contributed by atoms with Gasteiger partial charge in [0, 0.05) is 17.6 Å². The number of hydrogen-bond acceptors (Lipinski definition) is 4. The highest BCUT2D eigenvalue weighted by Gasteiger charge is 2.34. The van der Waals surface area contributed by atoms with E-state index >= 15 is 0 Å². The van der Waals surface area contributed by atoms with Crippen molar-refractivity contribution in [2.24, 2.45) is 0 Å². The molecule has 2 aromatic carbocycles. The molecule has 0 unspecified atom stereocenters. The highest BCUT2D eigenvalue weighted by molar-refractivity contribution is 6.30. The van der Waals surface area contributed by atoms with E-state index in [2.05, 4.69) is 5.32 Å². The molecule has 5 nitrogen and oxygen atoms in total. The van der Waals surface area contributed by atoms with E-state index in [1.54, 1.807) is 0 Å². The Hall–Kier alpha value is -2.45. The fraction of sp³-hybridized carbons (Fsp3) is 0.409. The van der Waals surface area contributed by atoms with Gasteiger partial charge in [-0.05, 0) is 48.7 Å². The van der Waals surface area contributed by atoms with Crippen molar-refractivity contribution in [3.63, 3.8) is 0 Å². The second-order valence-electron chi connectivity index (χ2n) is 7.77. The van der Waals surface area contributed by atoms with Gasteiger partial charge in [-0.25, -0.2) is 0 Å². The van der Waals surface area contributed by atoms with Crippen molar-refractivity contribution in [3.05, 3.63) is 52.5 Å². The fourth-order valence-electron chi connectivity index (χ4n) is 4.09. The molecule has 4 rings (SSSR count). The Bertz CT molecular complexity index is 962. The SMILES string of the molecule is O=C(CN(Cc1ccc2c(c1)OCO2)C1CCCC1)Nc1ccc(Cl)cc1C(F)(F)F. The van der Waals surface area contributed by atoms with E-state index in [0.717, 1.165) is 37.3 Å². The van der Waals surface area contributed by atoms with Gasteiger partial charge in [-0.1, -0.05) is 30.5 Å². The first-order valence-corrected chi connectivity index (χ1v) is 10.5. The number of nitrogens with one attached hydrogen (secondary N) is 1. The first-order valence-electron chi connectivity index (χ1n) is 10.1. The van der Waals surface area contributed by atoms with Crippen LogP contribution >= 0.6 is 11.6 Å². The monoisotopic (exact) mass is 454 g/mol. The molecule has 0 aromatic heterocycles. The molecule has 0 spiro atoms. The van der Waals surface area contributed by atoms with Crippen molar-refractivity contribution >= 4 is 23.2 Å². The van der Waals surface area contributed by atoms with E-state index in [9.17, 15) is 18.0 Å². The minimum Gasteiger partial charge on any atom is -0.454 e. The Balaban J connectivity index is 1.49. The molecule has 2 aliphatic rings. The van der Waals surface area contributed by atoms with Crippen LogP contribution in [0.25, 0.3) is 0 Å². The van der Waals surface area contributed by atoms with Gasteiger partial charge in [0.05, 0.1) is 17.8 Å². The summed E-state index contributed by atoms with van der Waals surface area (Å²) in [4.78, 5) is 14.7. The maximum Gasteiger partial charge on any atom is 0.418 e. The zero-order chi connectivity index (χ0) is 22.0. The van der Waals surface area contributed by atoms with Crippen LogP contribution in [0, 0.1) is 0 Å². The van der Waals surface area contributed by atoms with Crippen LogP contribution in [0.3, 0.4) is 0 Å². The van der Waals surface area contributed by atoms with Gasteiger partial charge in [0.15, 0.2) is 11.5 Å². The minimum absolute atomic E-state index is 0.0148. The van der Waals surface area contributed by atoms with E-state index in [4.69, 9.17) is 21.1 Å². The Morgan fingerprint density at radius 3 is 2.58 bits per heavy atom. The maximum absolute atomic E-state index is 13.3. The quantitative estimate of drug-likeness (QED) is 0.628. The maximum atomic E-state index is 13.3. The summed E-state index contributed by atoms with van der Waals surface area (Å²) in [5.74, 6) is 0.834. The second-order valence-corrected chi connectivity index (χ2v) is 8.20. The summed E-state index contributed by atoms with van der Waals surface area (Å²) >= 11 is 5.72. The van der Waals surface area contributed by atoms with Crippen LogP contribution in [0.5, 0.6) is 11.5 Å². The number of halogens is 4. The van der Waals surface area contributed by atoms with Gasteiger partial charge in [0.2, 0.25) is 12.7 Å². The molecular weight excluding hydrogens is 433 g/mol. The number of nitrogens with zero attached hydrogens (tertiary/aromatic N) is 1. The van der Waals surface area contributed by atoms with E-state index in [1.165, 1.54) is 12.1 Å². The average molecular weight is 455 g/mol. The Kier molecular flexibility index (Phi) is 6.29. The minimum atomic E-state index is -4.62. The number of alkyl halides is 3. The average Bonchev–Trinajstić information content (AvgIpc) is 3.39. The van der Waals surface area contributed by atoms with Crippen molar-refractivity contribution in [1.82, 2.24) is 4.90 Å². The van der Waals surface area contributed by atoms with Crippen LogP contribution < -0.4 is 14.8 Å². The lowest BCUT2D eigenvalue weighted by Crippen LogP contribution is -2.39. The van der Waals surface area contributed by atoms with Crippen LogP contribution in [0.1, 0.15) is 36.8 Å². The van der Waals surface area contributed by atoms with Gasteiger partial charge in [-0.2, -0.15) is 13.2 Å². The van der Waals surface area contributed by atoms with E-state index in [0.29, 0.717) is 18.0 Å². The molecule has 0 radical (unpaired) electrons. The van der Waals surface area contributed by atoms with E-state index < -0.39 is 17.6 Å². The Morgan fingerprint density at radius 1 is 1.10 bits per heavy atom. The van der Waals surface area contributed by atoms with Crippen molar-refractivity contribution in [2.75, 3.05) is 18.7 Å². The van der Waals surface area contributed by atoms with Crippen molar-refractivity contribution < 1.29 is 27.4 Å². The Labute approximate surface area is 183 Å². The van der Waals surface area contributed by atoms with Gasteiger partial charge in [-0.3, -0.25) is 9.69 Å². The van der Waals surface area contributed by atoms with Crippen LogP contribution in [0.2, 0.25) is 5.02 Å². The summed E-state index contributed by atoms with van der Waals surface area (Å²) in [6, 6.07) is 9.14. The van der Waals surface area contributed by atoms with Gasteiger partial charge in [-0.15, -0.1) is 0 Å². The topological polar surface area (TPSA) is 50.8 Å². The largest absolute Gasteiger partial charge is 0.454 e. The Morgan fingerprint density at radius 2 is 1.84 bits per heavy atom. The molecule has 166 valence electrons. The number of fused-ring (bicyclic) bond motifs is 1. The van der Waals surface area contributed by atoms with E-state index in [1.807, 2.05) is 23.1 Å². The molecule has 9 heteroatoms. The molecular formula is C22H22ClF3N2O3. The first-order chi connectivity index (χ1) is 14.8. The van der Waals surface area contributed by atoms with Crippen LogP contribution in [0.15, 0.2) is 36.4 Å². The molecule has 0 bridgehead atoms. The molecule has 1 heterocycles. The molecule has 1 fully saturated rings. The molecule has 0 saturated heterocycles. The molecule has 1 aliphatic heterocycles. The van der Waals surface area contributed by atoms with Gasteiger partial charge in [0.1, 0.15) is 0 Å². The molecule has 0 atom stereocenters. The number of benzene rings is 2. The van der Waals surface area contributed by atoms with Crippen LogP contribution in [0.4, 0.5) is 18.9 Å². The smallest absolute Gasteiger partial charge is 0.418 e. The fourth-order valence-corrected chi connectivity index (χ4v) is 4.26. The third-order valence-corrected chi connectivity index (χ3v) is 5.81. The number of carbonyl (C=O) groups excluding carboxylic acids is 1. The lowest BCUT2D eigenvalue weighted by molar-refractivity contribution is -0.137. The number of rotatable bonds is 6. The lowest BCUT2D eigenvalue weighted by atomic mass is 10.1. The number of amides is 1. The van der Waals surface area contributed by atoms with Crippen LogP contribution in [-0.2, 0) is 17.5 Å². The highest BCUT2D eigenvalue weighted by Crippen LogP contribution is 2.37. The summed E-state index contributed by atoms with van der Waals surface area (Å²) in [5, 5.41) is 2.38. The molecule has 1 N–H and O–H groups in total. The first kappa shape index (κ1) is 21.8. The number of anilines is 1. The molecule has 1 saturated carbocycles. The van der Waals surface area contributed by atoms with Gasteiger partial charge >= 0.3 is 6.18 Å². The molecule has 1 amide bonds. The predicted molar refractivity (Wildman–Crippen MR) is 110 cm³/mol. The van der Waals surface area contributed by atoms with Gasteiger partial charge in [0.25, 0.3) is 0 Å². The highest BCUT2D eigenvalue weighted by atomic mass is 35.5. The summed E-state index contributed by atoms with van der Waals surface area (Å²) in [7, 11) is 0. The number of hydrogen-bond donors (Lipinski definition) is 1. The summed E-state index contributed by atoms with van der Waals surface area (Å²) in [6.45, 7) is 0.649. The zero-order valence-corrected chi connectivity index (χ0v) is 17.4. The predicted octanol–water partition coefficient (Wildman–Crippen LogP) is 5.47. The van der Waals surface area contributed by atoms with Crippen molar-refractivity contribution in [2.45, 2.75) is 44.4 Å². The zero-order valence-electron chi connectivity index (χ0n) is 16.7. The summed E-state index contributed by atoms with van der Waals surface area (Å²) in [5.41, 5.74) is -0.306. The third-order valence-electron chi connectivity index (χ3n) is 5.57. The molecule has 31 heavy (non-hydrogen) atoms. The number of ether oxygens (including phenoxy) is 2.